The Balaban J connectivity index is 2.23. The van der Waals surface area contributed by atoms with Crippen molar-refractivity contribution in [2.24, 2.45) is 0 Å². The molecule has 2 aromatic rings. The number of furan rings is 1. The van der Waals surface area contributed by atoms with E-state index in [4.69, 9.17) is 9.15 Å². The number of nitrogens with zero attached hydrogens (tertiary/aromatic N) is 3. The smallest absolute Gasteiger partial charge is 0.341 e. The molecule has 0 aliphatic carbocycles. The highest BCUT2D eigenvalue weighted by Crippen LogP contribution is 2.21. The molecule has 0 radical (unpaired) electrons. The summed E-state index contributed by atoms with van der Waals surface area (Å²) in [6.07, 6.45) is 2.63. The van der Waals surface area contributed by atoms with Crippen LogP contribution < -0.4 is 0 Å². The van der Waals surface area contributed by atoms with E-state index in [2.05, 4.69) is 11.5 Å². The minimum absolute atomic E-state index is 0.0423. The van der Waals surface area contributed by atoms with Crippen LogP contribution in [-0.2, 0) is 22.6 Å². The van der Waals surface area contributed by atoms with Crippen LogP contribution in [0, 0.1) is 32.1 Å². The van der Waals surface area contributed by atoms with Gasteiger partial charge in [-0.2, -0.15) is 5.26 Å². The maximum Gasteiger partial charge on any atom is 0.341 e. The second-order valence-corrected chi connectivity index (χ2v) is 6.98. The van der Waals surface area contributed by atoms with E-state index in [9.17, 15) is 14.9 Å². The second kappa shape index (κ2) is 9.28. The third-order valence-corrected chi connectivity index (χ3v) is 4.82. The summed E-state index contributed by atoms with van der Waals surface area (Å²) < 4.78 is 12.4. The molecule has 0 bridgehead atoms. The number of nitriles is 1. The zero-order chi connectivity index (χ0) is 21.7. The summed E-state index contributed by atoms with van der Waals surface area (Å²) in [5.74, 6) is -0.0442. The van der Waals surface area contributed by atoms with Crippen molar-refractivity contribution in [1.82, 2.24) is 9.47 Å². The molecule has 154 valence electrons. The van der Waals surface area contributed by atoms with Crippen LogP contribution in [0.2, 0.25) is 0 Å². The number of hydrogen-bond acceptors (Lipinski definition) is 5. The third-order valence-electron chi connectivity index (χ3n) is 4.82. The van der Waals surface area contributed by atoms with E-state index >= 15 is 0 Å². The van der Waals surface area contributed by atoms with Crippen LogP contribution >= 0.6 is 0 Å². The Morgan fingerprint density at radius 3 is 2.59 bits per heavy atom. The normalized spacial score (nSPS) is 11.3. The van der Waals surface area contributed by atoms with Crippen molar-refractivity contribution < 1.29 is 18.7 Å². The van der Waals surface area contributed by atoms with Gasteiger partial charge in [0, 0.05) is 25.0 Å². The number of aryl methyl sites for hydroxylation is 2. The number of hydrogen-bond donors (Lipinski definition) is 0. The first-order chi connectivity index (χ1) is 13.7. The molecule has 0 saturated heterocycles. The van der Waals surface area contributed by atoms with Gasteiger partial charge in [0.2, 0.25) is 0 Å². The lowest BCUT2D eigenvalue weighted by Crippen LogP contribution is -2.27. The monoisotopic (exact) mass is 397 g/mol. The van der Waals surface area contributed by atoms with Crippen molar-refractivity contribution in [2.75, 3.05) is 14.2 Å². The summed E-state index contributed by atoms with van der Waals surface area (Å²) in [5, 5.41) is 9.54. The van der Waals surface area contributed by atoms with E-state index in [1.165, 1.54) is 12.0 Å². The zero-order valence-corrected chi connectivity index (χ0v) is 17.8. The number of rotatable bonds is 7. The van der Waals surface area contributed by atoms with Gasteiger partial charge in [-0.1, -0.05) is 6.92 Å². The number of likely N-dealkylation sites (N-methyl/N-ethyl adjacent to an activating group) is 1. The van der Waals surface area contributed by atoms with Crippen molar-refractivity contribution in [3.63, 3.8) is 0 Å². The summed E-state index contributed by atoms with van der Waals surface area (Å²) in [5.41, 5.74) is 3.34. The first kappa shape index (κ1) is 22.0. The Kier molecular flexibility index (Phi) is 7.05. The Morgan fingerprint density at radius 1 is 1.31 bits per heavy atom. The molecule has 0 aliphatic rings. The lowest BCUT2D eigenvalue weighted by Gasteiger charge is -2.15. The standard InChI is InChI=1S/C22H27N3O4/c1-7-8-25-14(2)9-17(15(25)3)10-18(12-23)21(26)24(5)13-19-11-20(16(4)29-19)22(27)28-6/h9-11H,7-8,13H2,1-6H3/b18-10+. The predicted molar refractivity (Wildman–Crippen MR) is 109 cm³/mol. The molecule has 0 atom stereocenters. The molecule has 2 heterocycles. The van der Waals surface area contributed by atoms with E-state index in [0.717, 1.165) is 29.9 Å². The quantitative estimate of drug-likeness (QED) is 0.403. The fourth-order valence-electron chi connectivity index (χ4n) is 3.28. The van der Waals surface area contributed by atoms with Crippen LogP contribution in [0.5, 0.6) is 0 Å². The first-order valence-electron chi connectivity index (χ1n) is 9.45. The minimum Gasteiger partial charge on any atom is -0.465 e. The van der Waals surface area contributed by atoms with Crippen molar-refractivity contribution in [1.29, 1.82) is 5.26 Å². The molecule has 0 N–H and O–H groups in total. The molecule has 2 aromatic heterocycles. The van der Waals surface area contributed by atoms with Crippen molar-refractivity contribution in [2.45, 2.75) is 47.2 Å². The molecule has 7 nitrogen and oxygen atoms in total. The van der Waals surface area contributed by atoms with E-state index < -0.39 is 11.9 Å². The van der Waals surface area contributed by atoms with Gasteiger partial charge in [0.25, 0.3) is 5.91 Å². The molecule has 0 unspecified atom stereocenters. The van der Waals surface area contributed by atoms with Crippen LogP contribution in [0.4, 0.5) is 0 Å². The molecule has 0 fully saturated rings. The molecule has 0 saturated carbocycles. The summed E-state index contributed by atoms with van der Waals surface area (Å²) in [6.45, 7) is 8.78. The summed E-state index contributed by atoms with van der Waals surface area (Å²) >= 11 is 0. The van der Waals surface area contributed by atoms with Gasteiger partial charge >= 0.3 is 5.97 Å². The molecule has 0 aliphatic heterocycles. The van der Waals surface area contributed by atoms with Crippen molar-refractivity contribution in [3.05, 3.63) is 51.7 Å². The summed E-state index contributed by atoms with van der Waals surface area (Å²) in [4.78, 5) is 25.9. The average Bonchev–Trinajstić information content (AvgIpc) is 3.18. The Bertz CT molecular complexity index is 989. The lowest BCUT2D eigenvalue weighted by molar-refractivity contribution is -0.126. The summed E-state index contributed by atoms with van der Waals surface area (Å²) in [6, 6.07) is 5.54. The number of amides is 1. The van der Waals surface area contributed by atoms with E-state index in [1.54, 1.807) is 26.1 Å². The molecule has 29 heavy (non-hydrogen) atoms. The summed E-state index contributed by atoms with van der Waals surface area (Å²) in [7, 11) is 2.88. The van der Waals surface area contributed by atoms with Crippen molar-refractivity contribution >= 4 is 18.0 Å². The van der Waals surface area contributed by atoms with Crippen LogP contribution in [0.15, 0.2) is 22.1 Å². The number of methoxy groups -OCH3 is 1. The van der Waals surface area contributed by atoms with Gasteiger partial charge in [-0.15, -0.1) is 0 Å². The lowest BCUT2D eigenvalue weighted by atomic mass is 10.1. The zero-order valence-electron chi connectivity index (χ0n) is 17.8. The van der Waals surface area contributed by atoms with Crippen LogP contribution in [-0.4, -0.2) is 35.5 Å². The highest BCUT2D eigenvalue weighted by atomic mass is 16.5. The fourth-order valence-corrected chi connectivity index (χ4v) is 3.28. The van der Waals surface area contributed by atoms with Crippen LogP contribution in [0.1, 0.15) is 52.2 Å². The molecular formula is C22H27N3O4. The van der Waals surface area contributed by atoms with E-state index in [1.807, 2.05) is 26.0 Å². The highest BCUT2D eigenvalue weighted by Gasteiger charge is 2.20. The van der Waals surface area contributed by atoms with Gasteiger partial charge in [-0.3, -0.25) is 4.79 Å². The predicted octanol–water partition coefficient (Wildman–Crippen LogP) is 3.77. The molecular weight excluding hydrogens is 370 g/mol. The number of carbonyl (C=O) groups excluding carboxylic acids is 2. The van der Waals surface area contributed by atoms with E-state index in [-0.39, 0.29) is 12.1 Å². The van der Waals surface area contributed by atoms with Gasteiger partial charge in [-0.25, -0.2) is 4.79 Å². The van der Waals surface area contributed by atoms with Gasteiger partial charge in [0.1, 0.15) is 28.7 Å². The Hall–Kier alpha value is -3.27. The Morgan fingerprint density at radius 2 is 2.00 bits per heavy atom. The second-order valence-electron chi connectivity index (χ2n) is 6.98. The van der Waals surface area contributed by atoms with Gasteiger partial charge in [0.15, 0.2) is 0 Å². The topological polar surface area (TPSA) is 88.5 Å². The van der Waals surface area contributed by atoms with E-state index in [0.29, 0.717) is 17.1 Å². The minimum atomic E-state index is -0.494. The molecule has 1 amide bonds. The number of carbonyl (C=O) groups is 2. The average molecular weight is 397 g/mol. The molecule has 2 rings (SSSR count). The fraction of sp³-hybridized carbons (Fsp3) is 0.409. The number of esters is 1. The molecule has 0 spiro atoms. The SMILES string of the molecule is CCCn1c(C)cc(/C=C(\C#N)C(=O)N(C)Cc2cc(C(=O)OC)c(C)o2)c1C. The van der Waals surface area contributed by atoms with Crippen LogP contribution in [0.3, 0.4) is 0 Å². The molecule has 7 heteroatoms. The largest absolute Gasteiger partial charge is 0.465 e. The van der Waals surface area contributed by atoms with Crippen molar-refractivity contribution in [3.8, 4) is 6.07 Å². The van der Waals surface area contributed by atoms with Gasteiger partial charge in [0.05, 0.1) is 13.7 Å². The number of ether oxygens (including phenoxy) is 1. The van der Waals surface area contributed by atoms with Crippen LogP contribution in [0.25, 0.3) is 6.08 Å². The number of aromatic nitrogens is 1. The maximum absolute atomic E-state index is 12.8. The first-order valence-corrected chi connectivity index (χ1v) is 9.45. The molecule has 0 aromatic carbocycles. The maximum atomic E-state index is 12.8. The Labute approximate surface area is 171 Å². The van der Waals surface area contributed by atoms with Gasteiger partial charge in [-0.05, 0) is 51.0 Å². The third kappa shape index (κ3) is 4.77. The highest BCUT2D eigenvalue weighted by molar-refractivity contribution is 6.01. The van der Waals surface area contributed by atoms with Gasteiger partial charge < -0.3 is 18.6 Å².